The second kappa shape index (κ2) is 5.91. The third-order valence-corrected chi connectivity index (χ3v) is 2.12. The molecule has 0 bridgehead atoms. The van der Waals surface area contributed by atoms with Crippen molar-refractivity contribution in [2.45, 2.75) is 19.8 Å². The van der Waals surface area contributed by atoms with Crippen LogP contribution in [0.15, 0.2) is 6.20 Å². The molecule has 7 heteroatoms. The summed E-state index contributed by atoms with van der Waals surface area (Å²) in [6, 6.07) is 1.52. The van der Waals surface area contributed by atoms with Crippen LogP contribution in [0.3, 0.4) is 0 Å². The molecule has 1 rings (SSSR count). The molecule has 1 aromatic heterocycles. The predicted molar refractivity (Wildman–Crippen MR) is 55.9 cm³/mol. The highest BCUT2D eigenvalue weighted by molar-refractivity contribution is 5.73. The number of esters is 1. The molecular weight excluding hydrogens is 246 g/mol. The predicted octanol–water partition coefficient (Wildman–Crippen LogP) is 1.70. The lowest BCUT2D eigenvalue weighted by molar-refractivity contribution is -0.142. The molecule has 0 radical (unpaired) electrons. The number of aromatic nitrogens is 1. The number of rotatable bonds is 4. The average Bonchev–Trinajstić information content (AvgIpc) is 2.30. The molecule has 0 unspecified atom stereocenters. The second-order valence-corrected chi connectivity index (χ2v) is 3.27. The quantitative estimate of drug-likeness (QED) is 0.829. The number of carbonyl (C=O) groups excluding carboxylic acids is 1. The molecule has 0 aliphatic heterocycles. The maximum atomic E-state index is 12.7. The fraction of sp³-hybridized carbons (Fsp3) is 0.364. The van der Waals surface area contributed by atoms with Crippen molar-refractivity contribution in [1.29, 1.82) is 5.26 Å². The van der Waals surface area contributed by atoms with Gasteiger partial charge in [-0.25, -0.2) is 8.78 Å². The molecule has 0 aliphatic rings. The van der Waals surface area contributed by atoms with Crippen molar-refractivity contribution in [1.82, 2.24) is 4.98 Å². The first-order valence-electron chi connectivity index (χ1n) is 5.05. The molecule has 96 valence electrons. The molecule has 0 saturated carbocycles. The molecule has 0 amide bonds. The van der Waals surface area contributed by atoms with Crippen LogP contribution in [-0.4, -0.2) is 22.7 Å². The van der Waals surface area contributed by atoms with E-state index >= 15 is 0 Å². The van der Waals surface area contributed by atoms with E-state index in [4.69, 9.17) is 5.26 Å². The van der Waals surface area contributed by atoms with Gasteiger partial charge in [0, 0.05) is 0 Å². The fourth-order valence-corrected chi connectivity index (χ4v) is 1.39. The summed E-state index contributed by atoms with van der Waals surface area (Å²) in [7, 11) is 0. The first-order chi connectivity index (χ1) is 8.51. The van der Waals surface area contributed by atoms with E-state index in [0.29, 0.717) is 0 Å². The molecule has 1 N–H and O–H groups in total. The van der Waals surface area contributed by atoms with Gasteiger partial charge in [0.1, 0.15) is 11.8 Å². The zero-order valence-corrected chi connectivity index (χ0v) is 9.48. The fourth-order valence-electron chi connectivity index (χ4n) is 1.39. The van der Waals surface area contributed by atoms with E-state index in [1.165, 1.54) is 6.07 Å². The monoisotopic (exact) mass is 256 g/mol. The Kier molecular flexibility index (Phi) is 4.54. The van der Waals surface area contributed by atoms with Crippen molar-refractivity contribution in [2.75, 3.05) is 6.61 Å². The molecule has 1 aromatic rings. The molecule has 18 heavy (non-hydrogen) atoms. The molecule has 0 fully saturated rings. The van der Waals surface area contributed by atoms with E-state index in [-0.39, 0.29) is 12.3 Å². The number of pyridine rings is 1. The van der Waals surface area contributed by atoms with Crippen molar-refractivity contribution < 1.29 is 23.4 Å². The Labute approximate surface area is 102 Å². The molecule has 0 aromatic carbocycles. The largest absolute Gasteiger partial charge is 0.506 e. The summed E-state index contributed by atoms with van der Waals surface area (Å²) >= 11 is 0. The number of hydrogen-bond donors (Lipinski definition) is 1. The molecule has 0 aliphatic carbocycles. The maximum absolute atomic E-state index is 12.7. The van der Waals surface area contributed by atoms with Gasteiger partial charge >= 0.3 is 5.97 Å². The van der Waals surface area contributed by atoms with Crippen LogP contribution in [-0.2, 0) is 16.0 Å². The van der Waals surface area contributed by atoms with Crippen molar-refractivity contribution in [2.24, 2.45) is 0 Å². The van der Waals surface area contributed by atoms with Crippen molar-refractivity contribution >= 4 is 5.97 Å². The van der Waals surface area contributed by atoms with E-state index in [1.54, 1.807) is 6.92 Å². The Morgan fingerprint density at radius 3 is 2.83 bits per heavy atom. The number of alkyl halides is 2. The van der Waals surface area contributed by atoms with Crippen LogP contribution in [0.5, 0.6) is 5.75 Å². The van der Waals surface area contributed by atoms with Gasteiger partial charge < -0.3 is 9.84 Å². The Morgan fingerprint density at radius 1 is 1.67 bits per heavy atom. The van der Waals surface area contributed by atoms with Crippen LogP contribution in [0.2, 0.25) is 0 Å². The van der Waals surface area contributed by atoms with Gasteiger partial charge in [-0.2, -0.15) is 5.26 Å². The summed E-state index contributed by atoms with van der Waals surface area (Å²) in [5.41, 5.74) is -1.44. The third-order valence-electron chi connectivity index (χ3n) is 2.12. The molecule has 0 atom stereocenters. The lowest BCUT2D eigenvalue weighted by Gasteiger charge is -2.09. The standard InChI is InChI=1S/C11H10F2N2O3/c1-2-18-9(17)3-7-6(4-14)10(11(12)13)8(16)5-15-7/h5,11,16H,2-3H2,1H3. The summed E-state index contributed by atoms with van der Waals surface area (Å²) in [5.74, 6) is -1.44. The zero-order chi connectivity index (χ0) is 13.7. The van der Waals surface area contributed by atoms with Crippen LogP contribution < -0.4 is 0 Å². The van der Waals surface area contributed by atoms with E-state index in [0.717, 1.165) is 6.20 Å². The smallest absolute Gasteiger partial charge is 0.311 e. The highest BCUT2D eigenvalue weighted by Gasteiger charge is 2.23. The maximum Gasteiger partial charge on any atom is 0.311 e. The van der Waals surface area contributed by atoms with Crippen LogP contribution in [0.25, 0.3) is 0 Å². The van der Waals surface area contributed by atoms with Gasteiger partial charge in [0.25, 0.3) is 6.43 Å². The average molecular weight is 256 g/mol. The van der Waals surface area contributed by atoms with Gasteiger partial charge in [0.2, 0.25) is 0 Å². The van der Waals surface area contributed by atoms with Gasteiger partial charge in [-0.05, 0) is 6.92 Å². The van der Waals surface area contributed by atoms with E-state index in [1.807, 2.05) is 0 Å². The number of ether oxygens (including phenoxy) is 1. The van der Waals surface area contributed by atoms with Crippen molar-refractivity contribution in [3.05, 3.63) is 23.0 Å². The van der Waals surface area contributed by atoms with Crippen LogP contribution in [0.4, 0.5) is 8.78 Å². The van der Waals surface area contributed by atoms with Crippen molar-refractivity contribution in [3.8, 4) is 11.8 Å². The third kappa shape index (κ3) is 2.91. The Hall–Kier alpha value is -2.23. The normalized spacial score (nSPS) is 10.2. The van der Waals surface area contributed by atoms with Crippen LogP contribution >= 0.6 is 0 Å². The Bertz CT molecular complexity index is 498. The van der Waals surface area contributed by atoms with Gasteiger partial charge in [0.15, 0.2) is 0 Å². The summed E-state index contributed by atoms with van der Waals surface area (Å²) in [6.45, 7) is 1.73. The molecule has 0 spiro atoms. The molecule has 5 nitrogen and oxygen atoms in total. The van der Waals surface area contributed by atoms with Gasteiger partial charge in [0.05, 0.1) is 36.0 Å². The number of nitriles is 1. The van der Waals surface area contributed by atoms with Gasteiger partial charge in [-0.3, -0.25) is 9.78 Å². The minimum Gasteiger partial charge on any atom is -0.506 e. The van der Waals surface area contributed by atoms with Crippen LogP contribution in [0, 0.1) is 11.3 Å². The highest BCUT2D eigenvalue weighted by atomic mass is 19.3. The van der Waals surface area contributed by atoms with Gasteiger partial charge in [-0.1, -0.05) is 0 Å². The van der Waals surface area contributed by atoms with E-state index < -0.39 is 35.7 Å². The SMILES string of the molecule is CCOC(=O)Cc1ncc(O)c(C(F)F)c1C#N. The minimum absolute atomic E-state index is 0.135. The zero-order valence-electron chi connectivity index (χ0n) is 9.48. The molecular formula is C11H10F2N2O3. The minimum atomic E-state index is -3.02. The number of halogens is 2. The Balaban J connectivity index is 3.18. The topological polar surface area (TPSA) is 83.2 Å². The summed E-state index contributed by atoms with van der Waals surface area (Å²) in [5, 5.41) is 18.1. The summed E-state index contributed by atoms with van der Waals surface area (Å²) < 4.78 is 30.0. The van der Waals surface area contributed by atoms with Crippen LogP contribution in [0.1, 0.15) is 30.2 Å². The summed E-state index contributed by atoms with van der Waals surface area (Å²) in [4.78, 5) is 14.8. The lowest BCUT2D eigenvalue weighted by atomic mass is 10.1. The number of nitrogens with zero attached hydrogens (tertiary/aromatic N) is 2. The van der Waals surface area contributed by atoms with Gasteiger partial charge in [-0.15, -0.1) is 0 Å². The van der Waals surface area contributed by atoms with E-state index in [9.17, 15) is 18.7 Å². The van der Waals surface area contributed by atoms with E-state index in [2.05, 4.69) is 9.72 Å². The molecule has 1 heterocycles. The lowest BCUT2D eigenvalue weighted by Crippen LogP contribution is -2.11. The first kappa shape index (κ1) is 13.8. The number of carbonyl (C=O) groups is 1. The first-order valence-corrected chi connectivity index (χ1v) is 5.05. The highest BCUT2D eigenvalue weighted by Crippen LogP contribution is 2.32. The summed E-state index contributed by atoms with van der Waals surface area (Å²) in [6.07, 6.45) is -2.63. The van der Waals surface area contributed by atoms with Crippen molar-refractivity contribution in [3.63, 3.8) is 0 Å². The second-order valence-electron chi connectivity index (χ2n) is 3.27. The Morgan fingerprint density at radius 2 is 2.33 bits per heavy atom. The number of hydrogen-bond acceptors (Lipinski definition) is 5. The number of aromatic hydroxyl groups is 1. The molecule has 0 saturated heterocycles.